The van der Waals surface area contributed by atoms with Gasteiger partial charge in [0, 0.05) is 44.0 Å². The second-order valence-corrected chi connectivity index (χ2v) is 7.92. The lowest BCUT2D eigenvalue weighted by Crippen LogP contribution is -2.48. The quantitative estimate of drug-likeness (QED) is 0.499. The average molecular weight is 422 g/mol. The number of nitrogens with zero attached hydrogens (tertiary/aromatic N) is 3. The number of aliphatic imine (C=N–C) groups is 1. The molecule has 160 valence electrons. The van der Waals surface area contributed by atoms with Gasteiger partial charge in [-0.1, -0.05) is 13.8 Å². The molecule has 1 aromatic heterocycles. The predicted octanol–water partition coefficient (Wildman–Crippen LogP) is 2.62. The summed E-state index contributed by atoms with van der Waals surface area (Å²) in [6.07, 6.45) is -3.97. The Bertz CT molecular complexity index is 615. The molecule has 1 unspecified atom stereocenters. The number of morpholine rings is 1. The second kappa shape index (κ2) is 11.0. The summed E-state index contributed by atoms with van der Waals surface area (Å²) in [7, 11) is 0. The first-order valence-corrected chi connectivity index (χ1v) is 10.5. The van der Waals surface area contributed by atoms with Crippen molar-refractivity contribution in [1.82, 2.24) is 20.5 Å². The number of guanidine groups is 1. The summed E-state index contributed by atoms with van der Waals surface area (Å²) < 4.78 is 43.3. The third-order valence-corrected chi connectivity index (χ3v) is 5.45. The van der Waals surface area contributed by atoms with Gasteiger partial charge in [0.2, 0.25) is 0 Å². The second-order valence-electron chi connectivity index (χ2n) is 6.98. The van der Waals surface area contributed by atoms with Crippen molar-refractivity contribution >= 4 is 17.3 Å². The molecular formula is C18H30F3N5OS. The average Bonchev–Trinajstić information content (AvgIpc) is 3.12. The number of aromatic nitrogens is 1. The first-order valence-electron chi connectivity index (χ1n) is 9.66. The number of halogens is 3. The maximum atomic E-state index is 12.6. The van der Waals surface area contributed by atoms with Crippen LogP contribution in [0.15, 0.2) is 10.4 Å². The minimum atomic E-state index is -4.39. The third kappa shape index (κ3) is 7.21. The van der Waals surface area contributed by atoms with Crippen LogP contribution in [0.1, 0.15) is 31.5 Å². The smallest absolute Gasteiger partial charge is 0.379 e. The highest BCUT2D eigenvalue weighted by atomic mass is 32.1. The molecule has 10 heteroatoms. The summed E-state index contributed by atoms with van der Waals surface area (Å²) in [6.45, 7) is 11.5. The summed E-state index contributed by atoms with van der Waals surface area (Å²) in [5, 5.41) is 7.91. The first-order chi connectivity index (χ1) is 13.3. The maximum Gasteiger partial charge on any atom is 0.434 e. The van der Waals surface area contributed by atoms with Gasteiger partial charge in [-0.25, -0.2) is 4.98 Å². The van der Waals surface area contributed by atoms with E-state index in [4.69, 9.17) is 9.73 Å². The summed E-state index contributed by atoms with van der Waals surface area (Å²) in [5.41, 5.74) is -0.821. The molecule has 1 saturated heterocycles. The van der Waals surface area contributed by atoms with Gasteiger partial charge in [-0.15, -0.1) is 11.3 Å². The molecule has 1 aromatic rings. The van der Waals surface area contributed by atoms with Crippen LogP contribution in [-0.4, -0.2) is 67.8 Å². The van der Waals surface area contributed by atoms with E-state index in [2.05, 4.69) is 34.4 Å². The lowest BCUT2D eigenvalue weighted by molar-refractivity contribution is -0.140. The molecule has 2 N–H and O–H groups in total. The molecule has 0 amide bonds. The molecule has 0 bridgehead atoms. The molecule has 1 aliphatic heterocycles. The molecule has 0 saturated carbocycles. The van der Waals surface area contributed by atoms with Gasteiger partial charge < -0.3 is 15.4 Å². The Hall–Kier alpha value is -1.39. The fourth-order valence-electron chi connectivity index (χ4n) is 3.03. The number of rotatable bonds is 8. The van der Waals surface area contributed by atoms with Gasteiger partial charge in [0.1, 0.15) is 0 Å². The number of nitrogens with one attached hydrogen (secondary N) is 2. The van der Waals surface area contributed by atoms with Crippen LogP contribution in [0.25, 0.3) is 0 Å². The van der Waals surface area contributed by atoms with Crippen LogP contribution in [0.2, 0.25) is 0 Å². The number of hydrogen-bond acceptors (Lipinski definition) is 5. The van der Waals surface area contributed by atoms with E-state index in [-0.39, 0.29) is 0 Å². The number of thiazole rings is 1. The molecule has 1 fully saturated rings. The largest absolute Gasteiger partial charge is 0.434 e. The van der Waals surface area contributed by atoms with Crippen LogP contribution in [0.4, 0.5) is 13.2 Å². The fraction of sp³-hybridized carbons (Fsp3) is 0.778. The van der Waals surface area contributed by atoms with E-state index >= 15 is 0 Å². The van der Waals surface area contributed by atoms with Crippen molar-refractivity contribution in [2.45, 2.75) is 39.4 Å². The fourth-order valence-corrected chi connectivity index (χ4v) is 3.83. The van der Waals surface area contributed by atoms with Crippen LogP contribution in [-0.2, 0) is 17.3 Å². The van der Waals surface area contributed by atoms with Gasteiger partial charge in [-0.2, -0.15) is 13.2 Å². The van der Waals surface area contributed by atoms with E-state index < -0.39 is 11.9 Å². The molecule has 1 aliphatic rings. The molecule has 6 nitrogen and oxygen atoms in total. The highest BCUT2D eigenvalue weighted by Crippen LogP contribution is 2.30. The Morgan fingerprint density at radius 2 is 2.04 bits per heavy atom. The lowest BCUT2D eigenvalue weighted by Gasteiger charge is -2.36. The van der Waals surface area contributed by atoms with E-state index in [1.807, 2.05) is 6.92 Å². The van der Waals surface area contributed by atoms with E-state index in [0.717, 1.165) is 43.0 Å². The molecule has 0 radical (unpaired) electrons. The maximum absolute atomic E-state index is 12.6. The van der Waals surface area contributed by atoms with Gasteiger partial charge in [-0.05, 0) is 12.8 Å². The Labute approximate surface area is 168 Å². The topological polar surface area (TPSA) is 61.8 Å². The number of ether oxygens (including phenoxy) is 1. The number of hydrogen-bond donors (Lipinski definition) is 2. The normalized spacial score (nSPS) is 17.8. The van der Waals surface area contributed by atoms with Crippen LogP contribution in [0.5, 0.6) is 0 Å². The SMILES string of the molecule is CCNC(=NCC(C(C)C)N1CCOCC1)NCCc1nc(C(F)(F)F)cs1. The third-order valence-electron chi connectivity index (χ3n) is 4.54. The van der Waals surface area contributed by atoms with E-state index in [0.29, 0.717) is 49.0 Å². The monoisotopic (exact) mass is 421 g/mol. The van der Waals surface area contributed by atoms with Gasteiger partial charge in [0.25, 0.3) is 0 Å². The molecule has 28 heavy (non-hydrogen) atoms. The van der Waals surface area contributed by atoms with Crippen molar-refractivity contribution in [3.05, 3.63) is 16.1 Å². The summed E-state index contributed by atoms with van der Waals surface area (Å²) in [4.78, 5) is 10.8. The van der Waals surface area contributed by atoms with Gasteiger partial charge in [-0.3, -0.25) is 9.89 Å². The van der Waals surface area contributed by atoms with Crippen LogP contribution < -0.4 is 10.6 Å². The van der Waals surface area contributed by atoms with E-state index in [1.54, 1.807) is 0 Å². The first kappa shape index (κ1) is 22.9. The van der Waals surface area contributed by atoms with Gasteiger partial charge in [0.05, 0.1) is 24.8 Å². The van der Waals surface area contributed by atoms with Crippen molar-refractivity contribution in [1.29, 1.82) is 0 Å². The molecular weight excluding hydrogens is 391 g/mol. The molecule has 2 heterocycles. The molecule has 0 aliphatic carbocycles. The van der Waals surface area contributed by atoms with Crippen molar-refractivity contribution in [2.75, 3.05) is 45.9 Å². The standard InChI is InChI=1S/C18H30F3N5OS/c1-4-22-17(23-6-5-16-25-15(12-28-16)18(19,20)21)24-11-14(13(2)3)26-7-9-27-10-8-26/h12-14H,4-11H2,1-3H3,(H2,22,23,24). The molecule has 0 aromatic carbocycles. The molecule has 2 rings (SSSR count). The van der Waals surface area contributed by atoms with E-state index in [1.165, 1.54) is 0 Å². The van der Waals surface area contributed by atoms with Crippen molar-refractivity contribution < 1.29 is 17.9 Å². The summed E-state index contributed by atoms with van der Waals surface area (Å²) in [6, 6.07) is 0.327. The van der Waals surface area contributed by atoms with Crippen LogP contribution >= 0.6 is 11.3 Å². The molecule has 1 atom stereocenters. The van der Waals surface area contributed by atoms with Gasteiger partial charge >= 0.3 is 6.18 Å². The Morgan fingerprint density at radius 1 is 1.32 bits per heavy atom. The zero-order chi connectivity index (χ0) is 20.6. The molecule has 0 spiro atoms. The predicted molar refractivity (Wildman–Crippen MR) is 106 cm³/mol. The van der Waals surface area contributed by atoms with Crippen molar-refractivity contribution in [3.8, 4) is 0 Å². The highest BCUT2D eigenvalue weighted by molar-refractivity contribution is 7.09. The van der Waals surface area contributed by atoms with Gasteiger partial charge in [0.15, 0.2) is 11.7 Å². The Morgan fingerprint density at radius 3 is 2.61 bits per heavy atom. The van der Waals surface area contributed by atoms with Crippen LogP contribution in [0.3, 0.4) is 0 Å². The summed E-state index contributed by atoms with van der Waals surface area (Å²) >= 11 is 1.03. The highest BCUT2D eigenvalue weighted by Gasteiger charge is 2.33. The zero-order valence-electron chi connectivity index (χ0n) is 16.7. The Kier molecular flexibility index (Phi) is 8.97. The zero-order valence-corrected chi connectivity index (χ0v) is 17.5. The van der Waals surface area contributed by atoms with Crippen molar-refractivity contribution in [2.24, 2.45) is 10.9 Å². The van der Waals surface area contributed by atoms with Crippen LogP contribution in [0, 0.1) is 5.92 Å². The lowest BCUT2D eigenvalue weighted by atomic mass is 10.0. The van der Waals surface area contributed by atoms with Crippen molar-refractivity contribution in [3.63, 3.8) is 0 Å². The van der Waals surface area contributed by atoms with E-state index in [9.17, 15) is 13.2 Å². The minimum absolute atomic E-state index is 0.327. The Balaban J connectivity index is 1.89. The number of alkyl halides is 3. The summed E-state index contributed by atoms with van der Waals surface area (Å²) in [5.74, 6) is 1.13. The minimum Gasteiger partial charge on any atom is -0.379 e.